The van der Waals surface area contributed by atoms with Crippen LogP contribution >= 0.6 is 0 Å². The number of amides is 1. The maximum atomic E-state index is 12.4. The van der Waals surface area contributed by atoms with E-state index in [4.69, 9.17) is 4.74 Å². The summed E-state index contributed by atoms with van der Waals surface area (Å²) in [6, 6.07) is 0. The standard InChI is InChI=1S/C13H17NO4/c1-7(2)5-14-6-13-4-3-8(18-13)9(12(16)17)10(13)11(14)15/h3-4,7-10H,5-6H2,1-2H3,(H,16,17)/t8-,9-,10+,13-/m0/s1. The Morgan fingerprint density at radius 3 is 3.00 bits per heavy atom. The van der Waals surface area contributed by atoms with E-state index in [9.17, 15) is 14.7 Å². The number of rotatable bonds is 3. The monoisotopic (exact) mass is 251 g/mol. The first-order chi connectivity index (χ1) is 8.44. The second-order valence-electron chi connectivity index (χ2n) is 5.85. The van der Waals surface area contributed by atoms with Crippen LogP contribution in [0.25, 0.3) is 0 Å². The second kappa shape index (κ2) is 3.57. The Labute approximate surface area is 105 Å². The molecule has 3 rings (SSSR count). The fourth-order valence-corrected chi connectivity index (χ4v) is 3.46. The van der Waals surface area contributed by atoms with Crippen molar-refractivity contribution in [1.29, 1.82) is 0 Å². The summed E-state index contributed by atoms with van der Waals surface area (Å²) >= 11 is 0. The van der Waals surface area contributed by atoms with Crippen molar-refractivity contribution < 1.29 is 19.4 Å². The predicted octanol–water partition coefficient (Wildman–Crippen LogP) is 0.509. The average Bonchev–Trinajstić information content (AvgIpc) is 2.87. The summed E-state index contributed by atoms with van der Waals surface area (Å²) < 4.78 is 5.79. The highest BCUT2D eigenvalue weighted by Crippen LogP contribution is 2.51. The minimum atomic E-state index is -0.934. The van der Waals surface area contributed by atoms with E-state index in [2.05, 4.69) is 0 Å². The van der Waals surface area contributed by atoms with Crippen LogP contribution in [0.15, 0.2) is 12.2 Å². The van der Waals surface area contributed by atoms with Gasteiger partial charge in [-0.3, -0.25) is 9.59 Å². The Balaban J connectivity index is 1.92. The quantitative estimate of drug-likeness (QED) is 0.742. The lowest BCUT2D eigenvalue weighted by Crippen LogP contribution is -2.39. The summed E-state index contributed by atoms with van der Waals surface area (Å²) in [5, 5.41) is 9.28. The number of aliphatic carboxylic acids is 1. The molecule has 5 heteroatoms. The first-order valence-corrected chi connectivity index (χ1v) is 6.33. The van der Waals surface area contributed by atoms with Crippen molar-refractivity contribution in [3.8, 4) is 0 Å². The van der Waals surface area contributed by atoms with Gasteiger partial charge < -0.3 is 14.7 Å². The molecule has 0 aromatic rings. The van der Waals surface area contributed by atoms with Gasteiger partial charge in [-0.2, -0.15) is 0 Å². The smallest absolute Gasteiger partial charge is 0.310 e. The van der Waals surface area contributed by atoms with Crippen LogP contribution < -0.4 is 0 Å². The van der Waals surface area contributed by atoms with E-state index in [0.717, 1.165) is 0 Å². The summed E-state index contributed by atoms with van der Waals surface area (Å²) in [5.41, 5.74) is -0.681. The molecule has 2 bridgehead atoms. The normalized spacial score (nSPS) is 40.9. The number of likely N-dealkylation sites (tertiary alicyclic amines) is 1. The SMILES string of the molecule is CC(C)CN1C[C@]23C=C[C@H](O2)[C@H](C(=O)O)[C@@H]3C1=O. The van der Waals surface area contributed by atoms with Crippen LogP contribution in [0.2, 0.25) is 0 Å². The van der Waals surface area contributed by atoms with Crippen molar-refractivity contribution in [2.24, 2.45) is 17.8 Å². The first kappa shape index (κ1) is 11.7. The molecular weight excluding hydrogens is 234 g/mol. The van der Waals surface area contributed by atoms with Crippen LogP contribution in [0, 0.1) is 17.8 Å². The summed E-state index contributed by atoms with van der Waals surface area (Å²) in [4.78, 5) is 25.4. The van der Waals surface area contributed by atoms with Gasteiger partial charge in [0.15, 0.2) is 0 Å². The lowest BCUT2D eigenvalue weighted by atomic mass is 9.77. The average molecular weight is 251 g/mol. The number of carbonyl (C=O) groups excluding carboxylic acids is 1. The number of hydrogen-bond donors (Lipinski definition) is 1. The largest absolute Gasteiger partial charge is 0.481 e. The number of carboxylic acid groups (broad SMARTS) is 1. The van der Waals surface area contributed by atoms with Crippen LogP contribution in [-0.2, 0) is 14.3 Å². The van der Waals surface area contributed by atoms with Gasteiger partial charge in [-0.25, -0.2) is 0 Å². The zero-order valence-corrected chi connectivity index (χ0v) is 10.5. The van der Waals surface area contributed by atoms with Gasteiger partial charge in [0.2, 0.25) is 5.91 Å². The summed E-state index contributed by atoms with van der Waals surface area (Å²) in [6.07, 6.45) is 3.25. The van der Waals surface area contributed by atoms with E-state index in [1.54, 1.807) is 11.0 Å². The number of hydrogen-bond acceptors (Lipinski definition) is 3. The summed E-state index contributed by atoms with van der Waals surface area (Å²) in [5.74, 6) is -1.89. The molecule has 1 amide bonds. The third-order valence-corrected chi connectivity index (χ3v) is 4.05. The molecular formula is C13H17NO4. The maximum Gasteiger partial charge on any atom is 0.310 e. The van der Waals surface area contributed by atoms with E-state index < -0.39 is 29.5 Å². The molecule has 5 nitrogen and oxygen atoms in total. The highest BCUT2D eigenvalue weighted by molar-refractivity contribution is 5.90. The van der Waals surface area contributed by atoms with E-state index in [1.165, 1.54) is 0 Å². The van der Waals surface area contributed by atoms with Gasteiger partial charge in [-0.15, -0.1) is 0 Å². The van der Waals surface area contributed by atoms with Gasteiger partial charge in [-0.1, -0.05) is 26.0 Å². The van der Waals surface area contributed by atoms with Gasteiger partial charge in [0.1, 0.15) is 11.5 Å². The molecule has 2 saturated heterocycles. The third kappa shape index (κ3) is 1.37. The molecule has 0 saturated carbocycles. The zero-order valence-electron chi connectivity index (χ0n) is 10.5. The van der Waals surface area contributed by atoms with E-state index >= 15 is 0 Å². The maximum absolute atomic E-state index is 12.4. The van der Waals surface area contributed by atoms with E-state index in [1.807, 2.05) is 19.9 Å². The topological polar surface area (TPSA) is 66.8 Å². The molecule has 0 unspecified atom stereocenters. The Kier molecular flexibility index (Phi) is 2.32. The van der Waals surface area contributed by atoms with Crippen molar-refractivity contribution in [1.82, 2.24) is 4.90 Å². The Morgan fingerprint density at radius 2 is 2.39 bits per heavy atom. The number of carboxylic acids is 1. The van der Waals surface area contributed by atoms with Crippen molar-refractivity contribution in [2.75, 3.05) is 13.1 Å². The molecule has 1 spiro atoms. The zero-order chi connectivity index (χ0) is 13.1. The fraction of sp³-hybridized carbons (Fsp3) is 0.692. The van der Waals surface area contributed by atoms with Gasteiger partial charge in [0.05, 0.1) is 18.6 Å². The molecule has 3 aliphatic heterocycles. The van der Waals surface area contributed by atoms with Crippen molar-refractivity contribution in [3.05, 3.63) is 12.2 Å². The lowest BCUT2D eigenvalue weighted by Gasteiger charge is -2.22. The summed E-state index contributed by atoms with van der Waals surface area (Å²) in [7, 11) is 0. The molecule has 0 aromatic heterocycles. The molecule has 0 aliphatic carbocycles. The molecule has 0 radical (unpaired) electrons. The summed E-state index contributed by atoms with van der Waals surface area (Å²) in [6.45, 7) is 5.24. The minimum absolute atomic E-state index is 0.0667. The molecule has 4 atom stereocenters. The fourth-order valence-electron chi connectivity index (χ4n) is 3.46. The van der Waals surface area contributed by atoms with E-state index in [-0.39, 0.29) is 5.91 Å². The number of nitrogens with zero attached hydrogens (tertiary/aromatic N) is 1. The molecule has 2 fully saturated rings. The first-order valence-electron chi connectivity index (χ1n) is 6.33. The van der Waals surface area contributed by atoms with Crippen molar-refractivity contribution in [3.63, 3.8) is 0 Å². The lowest BCUT2D eigenvalue weighted by molar-refractivity contribution is -0.148. The van der Waals surface area contributed by atoms with Gasteiger partial charge in [-0.05, 0) is 5.92 Å². The van der Waals surface area contributed by atoms with Gasteiger partial charge in [0.25, 0.3) is 0 Å². The van der Waals surface area contributed by atoms with Crippen LogP contribution in [0.1, 0.15) is 13.8 Å². The molecule has 3 heterocycles. The number of fused-ring (bicyclic) bond motifs is 1. The molecule has 1 N–H and O–H groups in total. The Hall–Kier alpha value is -1.36. The van der Waals surface area contributed by atoms with Crippen molar-refractivity contribution >= 4 is 11.9 Å². The Bertz CT molecular complexity index is 444. The van der Waals surface area contributed by atoms with Crippen LogP contribution in [0.3, 0.4) is 0 Å². The highest BCUT2D eigenvalue weighted by atomic mass is 16.5. The van der Waals surface area contributed by atoms with E-state index in [0.29, 0.717) is 19.0 Å². The van der Waals surface area contributed by atoms with Crippen molar-refractivity contribution in [2.45, 2.75) is 25.6 Å². The van der Waals surface area contributed by atoms with Gasteiger partial charge >= 0.3 is 5.97 Å². The van der Waals surface area contributed by atoms with Crippen LogP contribution in [-0.4, -0.2) is 46.7 Å². The molecule has 0 aromatic carbocycles. The number of ether oxygens (including phenoxy) is 1. The molecule has 18 heavy (non-hydrogen) atoms. The molecule has 3 aliphatic rings. The highest BCUT2D eigenvalue weighted by Gasteiger charge is 2.66. The number of carbonyl (C=O) groups is 2. The minimum Gasteiger partial charge on any atom is -0.481 e. The third-order valence-electron chi connectivity index (χ3n) is 4.05. The predicted molar refractivity (Wildman–Crippen MR) is 62.8 cm³/mol. The van der Waals surface area contributed by atoms with Crippen LogP contribution in [0.4, 0.5) is 0 Å². The van der Waals surface area contributed by atoms with Crippen LogP contribution in [0.5, 0.6) is 0 Å². The van der Waals surface area contributed by atoms with Gasteiger partial charge in [0, 0.05) is 6.54 Å². The molecule has 98 valence electrons. The second-order valence-corrected chi connectivity index (χ2v) is 5.85. The Morgan fingerprint density at radius 1 is 1.67 bits per heavy atom.